The largest absolute Gasteiger partial charge is 0.271 e. The van der Waals surface area contributed by atoms with Crippen LogP contribution in [0, 0.1) is 17.6 Å². The van der Waals surface area contributed by atoms with E-state index in [0.29, 0.717) is 11.5 Å². The van der Waals surface area contributed by atoms with Crippen molar-refractivity contribution in [1.29, 1.82) is 0 Å². The molecule has 1 aromatic carbocycles. The average Bonchev–Trinajstić information content (AvgIpc) is 2.34. The zero-order valence-electron chi connectivity index (χ0n) is 11.2. The van der Waals surface area contributed by atoms with Crippen molar-refractivity contribution in [2.24, 2.45) is 11.8 Å². The second kappa shape index (κ2) is 6.96. The number of rotatable bonds is 3. The molecular formula is C15H22F2N2. The third-order valence-electron chi connectivity index (χ3n) is 4.10. The van der Waals surface area contributed by atoms with Gasteiger partial charge < -0.3 is 0 Å². The minimum atomic E-state index is -0.547. The van der Waals surface area contributed by atoms with Crippen LogP contribution < -0.4 is 11.3 Å². The van der Waals surface area contributed by atoms with Gasteiger partial charge in [-0.3, -0.25) is 11.3 Å². The molecule has 0 saturated heterocycles. The van der Waals surface area contributed by atoms with Crippen LogP contribution in [-0.2, 0) is 0 Å². The van der Waals surface area contributed by atoms with Crippen molar-refractivity contribution in [3.63, 3.8) is 0 Å². The van der Waals surface area contributed by atoms with Crippen LogP contribution >= 0.6 is 0 Å². The van der Waals surface area contributed by atoms with Crippen molar-refractivity contribution >= 4 is 0 Å². The Morgan fingerprint density at radius 2 is 1.68 bits per heavy atom. The Kier molecular flexibility index (Phi) is 5.28. The molecule has 1 aromatic rings. The van der Waals surface area contributed by atoms with Crippen molar-refractivity contribution < 1.29 is 8.78 Å². The fraction of sp³-hybridized carbons (Fsp3) is 0.600. The summed E-state index contributed by atoms with van der Waals surface area (Å²) in [6.45, 7) is 0. The first kappa shape index (κ1) is 14.4. The van der Waals surface area contributed by atoms with Gasteiger partial charge in [-0.2, -0.15) is 0 Å². The predicted molar refractivity (Wildman–Crippen MR) is 72.2 cm³/mol. The van der Waals surface area contributed by atoms with Gasteiger partial charge in [-0.1, -0.05) is 38.2 Å². The molecule has 0 amide bonds. The average molecular weight is 268 g/mol. The molecule has 1 fully saturated rings. The van der Waals surface area contributed by atoms with E-state index < -0.39 is 11.6 Å². The summed E-state index contributed by atoms with van der Waals surface area (Å²) in [5.41, 5.74) is 3.22. The second-order valence-electron chi connectivity index (χ2n) is 5.42. The highest BCUT2D eigenvalue weighted by molar-refractivity contribution is 5.22. The molecule has 3 N–H and O–H groups in total. The van der Waals surface area contributed by atoms with Gasteiger partial charge in [-0.15, -0.1) is 0 Å². The van der Waals surface area contributed by atoms with E-state index in [1.807, 2.05) is 0 Å². The smallest absolute Gasteiger partial charge is 0.130 e. The van der Waals surface area contributed by atoms with Gasteiger partial charge in [0.25, 0.3) is 0 Å². The second-order valence-corrected chi connectivity index (χ2v) is 5.42. The highest BCUT2D eigenvalue weighted by Crippen LogP contribution is 2.33. The molecule has 1 unspecified atom stereocenters. The number of hydrazine groups is 1. The molecule has 0 heterocycles. The Labute approximate surface area is 113 Å². The van der Waals surface area contributed by atoms with Crippen molar-refractivity contribution in [1.82, 2.24) is 5.43 Å². The number of nitrogens with two attached hydrogens (primary N) is 1. The predicted octanol–water partition coefficient (Wildman–Crippen LogP) is 3.83. The van der Waals surface area contributed by atoms with Gasteiger partial charge in [0.2, 0.25) is 0 Å². The Morgan fingerprint density at radius 3 is 2.26 bits per heavy atom. The molecule has 19 heavy (non-hydrogen) atoms. The lowest BCUT2D eigenvalue weighted by molar-refractivity contribution is 0.285. The van der Waals surface area contributed by atoms with E-state index in [1.54, 1.807) is 0 Å². The number of halogens is 2. The highest BCUT2D eigenvalue weighted by Gasteiger charge is 2.25. The number of nitrogens with one attached hydrogen (secondary N) is 1. The van der Waals surface area contributed by atoms with Gasteiger partial charge in [-0.25, -0.2) is 8.78 Å². The highest BCUT2D eigenvalue weighted by atomic mass is 19.1. The van der Waals surface area contributed by atoms with Crippen LogP contribution in [0.2, 0.25) is 0 Å². The summed E-state index contributed by atoms with van der Waals surface area (Å²) in [4.78, 5) is 0. The Morgan fingerprint density at radius 1 is 1.05 bits per heavy atom. The summed E-state index contributed by atoms with van der Waals surface area (Å²) in [6.07, 6.45) is 8.17. The third kappa shape index (κ3) is 3.74. The van der Waals surface area contributed by atoms with Crippen LogP contribution in [0.4, 0.5) is 8.78 Å². The molecule has 4 heteroatoms. The first-order chi connectivity index (χ1) is 9.22. The summed E-state index contributed by atoms with van der Waals surface area (Å²) >= 11 is 0. The summed E-state index contributed by atoms with van der Waals surface area (Å²) in [7, 11) is 0. The zero-order chi connectivity index (χ0) is 13.7. The van der Waals surface area contributed by atoms with Crippen molar-refractivity contribution in [3.05, 3.63) is 35.4 Å². The van der Waals surface area contributed by atoms with Gasteiger partial charge in [-0.05, 0) is 24.8 Å². The fourth-order valence-electron chi connectivity index (χ4n) is 3.05. The number of hydrogen-bond donors (Lipinski definition) is 2. The fourth-order valence-corrected chi connectivity index (χ4v) is 3.05. The quantitative estimate of drug-likeness (QED) is 0.646. The van der Waals surface area contributed by atoms with Crippen LogP contribution in [0.5, 0.6) is 0 Å². The van der Waals surface area contributed by atoms with Gasteiger partial charge in [0.15, 0.2) is 0 Å². The van der Waals surface area contributed by atoms with E-state index in [2.05, 4.69) is 5.43 Å². The summed E-state index contributed by atoms with van der Waals surface area (Å²) < 4.78 is 26.9. The first-order valence-corrected chi connectivity index (χ1v) is 7.13. The Bertz CT molecular complexity index is 401. The topological polar surface area (TPSA) is 38.0 Å². The van der Waals surface area contributed by atoms with Crippen LogP contribution in [0.15, 0.2) is 18.2 Å². The van der Waals surface area contributed by atoms with Crippen LogP contribution in [0.3, 0.4) is 0 Å². The maximum atomic E-state index is 13.9. The molecule has 0 radical (unpaired) electrons. The van der Waals surface area contributed by atoms with Crippen LogP contribution in [0.25, 0.3) is 0 Å². The maximum Gasteiger partial charge on any atom is 0.130 e. The van der Waals surface area contributed by atoms with Gasteiger partial charge in [0.1, 0.15) is 11.6 Å². The van der Waals surface area contributed by atoms with E-state index in [9.17, 15) is 8.78 Å². The molecule has 1 saturated carbocycles. The van der Waals surface area contributed by atoms with Crippen LogP contribution in [0.1, 0.15) is 56.6 Å². The van der Waals surface area contributed by atoms with Gasteiger partial charge in [0.05, 0.1) is 6.04 Å². The molecular weight excluding hydrogens is 246 g/mol. The molecule has 1 aliphatic carbocycles. The standard InChI is InChI=1S/C15H22F2N2/c16-12-8-9-13(14(17)10-12)15(19-18)11-6-4-2-1-3-5-7-11/h8-11,15,19H,1-7,18H2. The minimum Gasteiger partial charge on any atom is -0.271 e. The minimum absolute atomic E-state index is 0.223. The third-order valence-corrected chi connectivity index (χ3v) is 4.10. The van der Waals surface area contributed by atoms with Crippen molar-refractivity contribution in [3.8, 4) is 0 Å². The van der Waals surface area contributed by atoms with E-state index >= 15 is 0 Å². The molecule has 0 spiro atoms. The molecule has 2 rings (SSSR count). The lowest BCUT2D eigenvalue weighted by atomic mass is 9.83. The number of benzene rings is 1. The van der Waals surface area contributed by atoms with E-state index in [1.165, 1.54) is 31.4 Å². The van der Waals surface area contributed by atoms with E-state index in [4.69, 9.17) is 5.84 Å². The van der Waals surface area contributed by atoms with Gasteiger partial charge in [0, 0.05) is 11.6 Å². The Hall–Kier alpha value is -1.00. The zero-order valence-corrected chi connectivity index (χ0v) is 11.2. The van der Waals surface area contributed by atoms with Gasteiger partial charge >= 0.3 is 0 Å². The van der Waals surface area contributed by atoms with Crippen molar-refractivity contribution in [2.45, 2.75) is 51.0 Å². The monoisotopic (exact) mass is 268 g/mol. The first-order valence-electron chi connectivity index (χ1n) is 7.13. The molecule has 0 aliphatic heterocycles. The molecule has 0 aromatic heterocycles. The number of hydrogen-bond acceptors (Lipinski definition) is 2. The summed E-state index contributed by atoms with van der Waals surface area (Å²) in [5.74, 6) is 4.89. The SMILES string of the molecule is NNC(c1ccc(F)cc1F)C1CCCCCCC1. The van der Waals surface area contributed by atoms with E-state index in [-0.39, 0.29) is 6.04 Å². The normalized spacial score (nSPS) is 19.7. The Balaban J connectivity index is 2.17. The molecule has 106 valence electrons. The molecule has 1 atom stereocenters. The molecule has 1 aliphatic rings. The maximum absolute atomic E-state index is 13.9. The van der Waals surface area contributed by atoms with Crippen molar-refractivity contribution in [2.75, 3.05) is 0 Å². The summed E-state index contributed by atoms with van der Waals surface area (Å²) in [6, 6.07) is 3.51. The molecule has 0 bridgehead atoms. The van der Waals surface area contributed by atoms with Crippen LogP contribution in [-0.4, -0.2) is 0 Å². The lowest BCUT2D eigenvalue weighted by Crippen LogP contribution is -2.34. The van der Waals surface area contributed by atoms with E-state index in [0.717, 1.165) is 31.7 Å². The summed E-state index contributed by atoms with van der Waals surface area (Å²) in [5, 5.41) is 0. The lowest BCUT2D eigenvalue weighted by Gasteiger charge is -2.28. The molecule has 2 nitrogen and oxygen atoms in total.